The standard InChI is InChI=1S/C14H26N2O/c1-11(14(17)16-13-7-8-13)15-10-9-12-5-3-2-4-6-12/h11-13,15H,2-10H2,1H3,(H,16,17). The zero-order valence-electron chi connectivity index (χ0n) is 11.0. The van der Waals surface area contributed by atoms with E-state index >= 15 is 0 Å². The highest BCUT2D eigenvalue weighted by Crippen LogP contribution is 2.25. The van der Waals surface area contributed by atoms with E-state index in [9.17, 15) is 4.79 Å². The van der Waals surface area contributed by atoms with Gasteiger partial charge in [0.25, 0.3) is 0 Å². The Bertz CT molecular complexity index is 245. The molecular weight excluding hydrogens is 212 g/mol. The fourth-order valence-corrected chi connectivity index (χ4v) is 2.63. The number of hydrogen-bond donors (Lipinski definition) is 2. The summed E-state index contributed by atoms with van der Waals surface area (Å²) in [6.45, 7) is 2.96. The van der Waals surface area contributed by atoms with Crippen LogP contribution in [0, 0.1) is 5.92 Å². The van der Waals surface area contributed by atoms with Crippen molar-refractivity contribution in [2.45, 2.75) is 70.4 Å². The summed E-state index contributed by atoms with van der Waals surface area (Å²) in [4.78, 5) is 11.7. The lowest BCUT2D eigenvalue weighted by Gasteiger charge is -2.22. The number of carbonyl (C=O) groups is 1. The molecule has 2 aliphatic rings. The fourth-order valence-electron chi connectivity index (χ4n) is 2.63. The Balaban J connectivity index is 1.55. The van der Waals surface area contributed by atoms with E-state index in [1.807, 2.05) is 6.92 Å². The van der Waals surface area contributed by atoms with Gasteiger partial charge in [0.1, 0.15) is 0 Å². The lowest BCUT2D eigenvalue weighted by atomic mass is 9.87. The molecule has 2 rings (SSSR count). The average Bonchev–Trinajstić information content (AvgIpc) is 3.14. The molecule has 3 heteroatoms. The Labute approximate surface area is 105 Å². The number of hydrogen-bond acceptors (Lipinski definition) is 2. The van der Waals surface area contributed by atoms with Gasteiger partial charge >= 0.3 is 0 Å². The van der Waals surface area contributed by atoms with Gasteiger partial charge in [-0.2, -0.15) is 0 Å². The fraction of sp³-hybridized carbons (Fsp3) is 0.929. The van der Waals surface area contributed by atoms with Gasteiger partial charge in [0.2, 0.25) is 5.91 Å². The molecule has 0 aromatic rings. The van der Waals surface area contributed by atoms with Gasteiger partial charge in [-0.1, -0.05) is 32.1 Å². The summed E-state index contributed by atoms with van der Waals surface area (Å²) in [5, 5.41) is 6.39. The summed E-state index contributed by atoms with van der Waals surface area (Å²) in [5.41, 5.74) is 0. The summed E-state index contributed by atoms with van der Waals surface area (Å²) in [7, 11) is 0. The van der Waals surface area contributed by atoms with Gasteiger partial charge in [0, 0.05) is 6.04 Å². The molecule has 0 aromatic carbocycles. The van der Waals surface area contributed by atoms with Crippen molar-refractivity contribution in [1.82, 2.24) is 10.6 Å². The summed E-state index contributed by atoms with van der Waals surface area (Å²) < 4.78 is 0. The maximum atomic E-state index is 11.7. The SMILES string of the molecule is CC(NCCC1CCCCC1)C(=O)NC1CC1. The van der Waals surface area contributed by atoms with E-state index in [2.05, 4.69) is 10.6 Å². The molecule has 98 valence electrons. The van der Waals surface area contributed by atoms with Crippen molar-refractivity contribution in [2.24, 2.45) is 5.92 Å². The average molecular weight is 238 g/mol. The number of nitrogens with one attached hydrogen (secondary N) is 2. The lowest BCUT2D eigenvalue weighted by molar-refractivity contribution is -0.122. The molecule has 3 nitrogen and oxygen atoms in total. The third-order valence-corrected chi connectivity index (χ3v) is 4.04. The van der Waals surface area contributed by atoms with Crippen LogP contribution in [-0.2, 0) is 4.79 Å². The highest BCUT2D eigenvalue weighted by atomic mass is 16.2. The summed E-state index contributed by atoms with van der Waals surface area (Å²) in [5.74, 6) is 1.08. The van der Waals surface area contributed by atoms with Crippen LogP contribution in [0.1, 0.15) is 58.3 Å². The zero-order valence-corrected chi connectivity index (χ0v) is 11.0. The Morgan fingerprint density at radius 1 is 1.18 bits per heavy atom. The van der Waals surface area contributed by atoms with Crippen molar-refractivity contribution in [1.29, 1.82) is 0 Å². The second kappa shape index (κ2) is 6.39. The van der Waals surface area contributed by atoms with E-state index in [0.29, 0.717) is 6.04 Å². The monoisotopic (exact) mass is 238 g/mol. The molecule has 1 amide bonds. The van der Waals surface area contributed by atoms with Crippen LogP contribution >= 0.6 is 0 Å². The summed E-state index contributed by atoms with van der Waals surface area (Å²) in [6, 6.07) is 0.448. The molecule has 17 heavy (non-hydrogen) atoms. The second-order valence-electron chi connectivity index (χ2n) is 5.75. The first-order valence-corrected chi connectivity index (χ1v) is 7.29. The minimum Gasteiger partial charge on any atom is -0.352 e. The van der Waals surface area contributed by atoms with Crippen molar-refractivity contribution in [3.63, 3.8) is 0 Å². The van der Waals surface area contributed by atoms with E-state index in [-0.39, 0.29) is 11.9 Å². The predicted octanol–water partition coefficient (Wildman–Crippen LogP) is 2.21. The van der Waals surface area contributed by atoms with Crippen molar-refractivity contribution < 1.29 is 4.79 Å². The molecule has 0 aromatic heterocycles. The Morgan fingerprint density at radius 2 is 1.88 bits per heavy atom. The van der Waals surface area contributed by atoms with E-state index in [4.69, 9.17) is 0 Å². The summed E-state index contributed by atoms with van der Waals surface area (Å²) >= 11 is 0. The first kappa shape index (κ1) is 12.9. The van der Waals surface area contributed by atoms with Gasteiger partial charge in [-0.15, -0.1) is 0 Å². The van der Waals surface area contributed by atoms with Gasteiger partial charge < -0.3 is 10.6 Å². The quantitative estimate of drug-likeness (QED) is 0.745. The highest BCUT2D eigenvalue weighted by Gasteiger charge is 2.25. The highest BCUT2D eigenvalue weighted by molar-refractivity contribution is 5.81. The third kappa shape index (κ3) is 4.66. The Morgan fingerprint density at radius 3 is 2.53 bits per heavy atom. The minimum atomic E-state index is -0.0285. The molecule has 2 aliphatic carbocycles. The van der Waals surface area contributed by atoms with Gasteiger partial charge in [0.05, 0.1) is 6.04 Å². The van der Waals surface area contributed by atoms with Crippen molar-refractivity contribution in [3.05, 3.63) is 0 Å². The van der Waals surface area contributed by atoms with E-state index < -0.39 is 0 Å². The van der Waals surface area contributed by atoms with E-state index in [1.165, 1.54) is 51.4 Å². The molecule has 2 N–H and O–H groups in total. The largest absolute Gasteiger partial charge is 0.352 e. The molecule has 0 heterocycles. The van der Waals surface area contributed by atoms with Crippen LogP contribution in [0.5, 0.6) is 0 Å². The maximum absolute atomic E-state index is 11.7. The van der Waals surface area contributed by atoms with Crippen molar-refractivity contribution in [3.8, 4) is 0 Å². The molecular formula is C14H26N2O. The molecule has 0 radical (unpaired) electrons. The second-order valence-corrected chi connectivity index (χ2v) is 5.75. The van der Waals surface area contributed by atoms with Crippen LogP contribution < -0.4 is 10.6 Å². The van der Waals surface area contributed by atoms with E-state index in [0.717, 1.165) is 12.5 Å². The number of amides is 1. The van der Waals surface area contributed by atoms with Gasteiger partial charge in [-0.05, 0) is 38.6 Å². The third-order valence-electron chi connectivity index (χ3n) is 4.04. The predicted molar refractivity (Wildman–Crippen MR) is 69.8 cm³/mol. The number of rotatable bonds is 6. The van der Waals surface area contributed by atoms with Crippen LogP contribution in [0.3, 0.4) is 0 Å². The molecule has 0 spiro atoms. The van der Waals surface area contributed by atoms with Crippen LogP contribution in [0.4, 0.5) is 0 Å². The van der Waals surface area contributed by atoms with Crippen molar-refractivity contribution in [2.75, 3.05) is 6.54 Å². The number of carbonyl (C=O) groups excluding carboxylic acids is 1. The molecule has 1 unspecified atom stereocenters. The molecule has 0 saturated heterocycles. The molecule has 2 saturated carbocycles. The zero-order chi connectivity index (χ0) is 12.1. The van der Waals surface area contributed by atoms with Crippen LogP contribution in [0.2, 0.25) is 0 Å². The normalized spacial score (nSPS) is 23.4. The van der Waals surface area contributed by atoms with Gasteiger partial charge in [-0.3, -0.25) is 4.79 Å². The van der Waals surface area contributed by atoms with Gasteiger partial charge in [-0.25, -0.2) is 0 Å². The van der Waals surface area contributed by atoms with E-state index in [1.54, 1.807) is 0 Å². The Hall–Kier alpha value is -0.570. The lowest BCUT2D eigenvalue weighted by Crippen LogP contribution is -2.43. The topological polar surface area (TPSA) is 41.1 Å². The van der Waals surface area contributed by atoms with Crippen molar-refractivity contribution >= 4 is 5.91 Å². The van der Waals surface area contributed by atoms with Crippen LogP contribution in [-0.4, -0.2) is 24.5 Å². The molecule has 0 aliphatic heterocycles. The molecule has 0 bridgehead atoms. The van der Waals surface area contributed by atoms with Gasteiger partial charge in [0.15, 0.2) is 0 Å². The Kier molecular flexibility index (Phi) is 4.84. The van der Waals surface area contributed by atoms with Crippen LogP contribution in [0.25, 0.3) is 0 Å². The molecule has 2 fully saturated rings. The smallest absolute Gasteiger partial charge is 0.237 e. The first-order valence-electron chi connectivity index (χ1n) is 7.29. The maximum Gasteiger partial charge on any atom is 0.237 e. The first-order chi connectivity index (χ1) is 8.25. The molecule has 1 atom stereocenters. The summed E-state index contributed by atoms with van der Waals surface area (Å²) in [6.07, 6.45) is 10.6. The minimum absolute atomic E-state index is 0.0285. The van der Waals surface area contributed by atoms with Crippen LogP contribution in [0.15, 0.2) is 0 Å².